The van der Waals surface area contributed by atoms with Gasteiger partial charge in [0, 0.05) is 26.7 Å². The maximum Gasteiger partial charge on any atom is 0.231 e. The largest absolute Gasteiger partial charge is 0.368 e. The van der Waals surface area contributed by atoms with Gasteiger partial charge in [-0.2, -0.15) is 15.0 Å². The second-order valence-electron chi connectivity index (χ2n) is 5.38. The Labute approximate surface area is 115 Å². The molecule has 0 aliphatic carbocycles. The van der Waals surface area contributed by atoms with Gasteiger partial charge in [-0.3, -0.25) is 0 Å². The van der Waals surface area contributed by atoms with Crippen LogP contribution in [-0.4, -0.2) is 41.6 Å². The molecule has 106 valence electrons. The van der Waals surface area contributed by atoms with E-state index in [2.05, 4.69) is 38.6 Å². The highest BCUT2D eigenvalue weighted by Gasteiger charge is 2.18. The van der Waals surface area contributed by atoms with Gasteiger partial charge in [-0.15, -0.1) is 0 Å². The molecule has 2 N–H and O–H groups in total. The first-order valence-electron chi connectivity index (χ1n) is 7.07. The molecule has 1 unspecified atom stereocenters. The van der Waals surface area contributed by atoms with Crippen molar-refractivity contribution < 1.29 is 0 Å². The summed E-state index contributed by atoms with van der Waals surface area (Å²) in [4.78, 5) is 17.3. The number of nitrogens with two attached hydrogens (primary N) is 1. The molecule has 1 aromatic rings. The van der Waals surface area contributed by atoms with E-state index in [0.29, 0.717) is 17.8 Å². The fraction of sp³-hybridized carbons (Fsp3) is 0.769. The Morgan fingerprint density at radius 3 is 2.58 bits per heavy atom. The van der Waals surface area contributed by atoms with Crippen molar-refractivity contribution in [2.75, 3.05) is 42.2 Å². The van der Waals surface area contributed by atoms with Crippen molar-refractivity contribution in [1.82, 2.24) is 15.0 Å². The van der Waals surface area contributed by atoms with Crippen LogP contribution in [0.25, 0.3) is 0 Å². The van der Waals surface area contributed by atoms with Crippen LogP contribution in [0.3, 0.4) is 0 Å². The first kappa shape index (κ1) is 13.8. The average Bonchev–Trinajstić information content (AvgIpc) is 2.91. The van der Waals surface area contributed by atoms with Gasteiger partial charge in [-0.1, -0.05) is 20.3 Å². The Morgan fingerprint density at radius 2 is 1.95 bits per heavy atom. The van der Waals surface area contributed by atoms with Gasteiger partial charge in [0.1, 0.15) is 0 Å². The average molecular weight is 264 g/mol. The third kappa shape index (κ3) is 3.45. The van der Waals surface area contributed by atoms with Gasteiger partial charge in [0.05, 0.1) is 0 Å². The third-order valence-electron chi connectivity index (χ3n) is 3.64. The minimum Gasteiger partial charge on any atom is -0.368 e. The predicted octanol–water partition coefficient (Wildman–Crippen LogP) is 1.54. The lowest BCUT2D eigenvalue weighted by atomic mass is 10.1. The molecule has 1 aromatic heterocycles. The molecule has 6 nitrogen and oxygen atoms in total. The molecule has 1 fully saturated rings. The summed E-state index contributed by atoms with van der Waals surface area (Å²) < 4.78 is 0. The van der Waals surface area contributed by atoms with Crippen LogP contribution in [0.5, 0.6) is 0 Å². The van der Waals surface area contributed by atoms with Gasteiger partial charge in [0.2, 0.25) is 17.8 Å². The number of hydrogen-bond acceptors (Lipinski definition) is 6. The second-order valence-corrected chi connectivity index (χ2v) is 5.38. The monoisotopic (exact) mass is 264 g/mol. The van der Waals surface area contributed by atoms with Crippen molar-refractivity contribution in [2.24, 2.45) is 5.92 Å². The molecule has 0 bridgehead atoms. The lowest BCUT2D eigenvalue weighted by Gasteiger charge is -2.22. The van der Waals surface area contributed by atoms with E-state index in [0.717, 1.165) is 32.0 Å². The normalized spacial score (nSPS) is 16.7. The smallest absolute Gasteiger partial charge is 0.231 e. The first-order chi connectivity index (χ1) is 9.10. The van der Waals surface area contributed by atoms with Crippen molar-refractivity contribution in [2.45, 2.75) is 33.1 Å². The number of hydrogen-bond donors (Lipinski definition) is 1. The van der Waals surface area contributed by atoms with Gasteiger partial charge in [-0.25, -0.2) is 0 Å². The van der Waals surface area contributed by atoms with Crippen molar-refractivity contribution in [3.05, 3.63) is 0 Å². The van der Waals surface area contributed by atoms with Gasteiger partial charge >= 0.3 is 0 Å². The van der Waals surface area contributed by atoms with Crippen LogP contribution in [0.1, 0.15) is 33.1 Å². The standard InChI is InChI=1S/C13H24N6/c1-4-10(2)9-18(3)12-15-11(14)16-13(17-12)19-7-5-6-8-19/h10H,4-9H2,1-3H3,(H2,14,15,16,17). The first-order valence-corrected chi connectivity index (χ1v) is 7.07. The number of nitrogen functional groups attached to an aromatic ring is 1. The number of nitrogens with zero attached hydrogens (tertiary/aromatic N) is 5. The molecule has 2 heterocycles. The zero-order chi connectivity index (χ0) is 13.8. The summed E-state index contributed by atoms with van der Waals surface area (Å²) in [6.45, 7) is 7.37. The van der Waals surface area contributed by atoms with Crippen LogP contribution in [-0.2, 0) is 0 Å². The fourth-order valence-electron chi connectivity index (χ4n) is 2.28. The molecule has 0 radical (unpaired) electrons. The molecule has 0 spiro atoms. The lowest BCUT2D eigenvalue weighted by Crippen LogP contribution is -2.28. The highest BCUT2D eigenvalue weighted by atomic mass is 15.3. The van der Waals surface area contributed by atoms with Crippen molar-refractivity contribution in [1.29, 1.82) is 0 Å². The lowest BCUT2D eigenvalue weighted by molar-refractivity contribution is 0.554. The van der Waals surface area contributed by atoms with Crippen LogP contribution >= 0.6 is 0 Å². The maximum atomic E-state index is 5.81. The number of anilines is 3. The van der Waals surface area contributed by atoms with Gasteiger partial charge in [0.15, 0.2) is 0 Å². The van der Waals surface area contributed by atoms with E-state index in [1.165, 1.54) is 12.8 Å². The van der Waals surface area contributed by atoms with Crippen LogP contribution in [0.2, 0.25) is 0 Å². The topological polar surface area (TPSA) is 71.2 Å². The summed E-state index contributed by atoms with van der Waals surface area (Å²) in [5.74, 6) is 2.31. The molecular weight excluding hydrogens is 240 g/mol. The quantitative estimate of drug-likeness (QED) is 0.869. The predicted molar refractivity (Wildman–Crippen MR) is 78.4 cm³/mol. The Balaban J connectivity index is 2.15. The summed E-state index contributed by atoms with van der Waals surface area (Å²) in [5.41, 5.74) is 5.81. The summed E-state index contributed by atoms with van der Waals surface area (Å²) in [7, 11) is 2.01. The van der Waals surface area contributed by atoms with Gasteiger partial charge < -0.3 is 15.5 Å². The van der Waals surface area contributed by atoms with E-state index < -0.39 is 0 Å². The zero-order valence-electron chi connectivity index (χ0n) is 12.1. The minimum atomic E-state index is 0.308. The highest BCUT2D eigenvalue weighted by Crippen LogP contribution is 2.19. The third-order valence-corrected chi connectivity index (χ3v) is 3.64. The van der Waals surface area contributed by atoms with E-state index in [4.69, 9.17) is 5.73 Å². The molecular formula is C13H24N6. The van der Waals surface area contributed by atoms with Crippen LogP contribution in [0, 0.1) is 5.92 Å². The fourth-order valence-corrected chi connectivity index (χ4v) is 2.28. The Kier molecular flexibility index (Phi) is 4.39. The van der Waals surface area contributed by atoms with E-state index in [-0.39, 0.29) is 0 Å². The molecule has 1 aliphatic rings. The molecule has 0 aromatic carbocycles. The molecule has 1 atom stereocenters. The summed E-state index contributed by atoms with van der Waals surface area (Å²) in [5, 5.41) is 0. The van der Waals surface area contributed by atoms with Gasteiger partial charge in [0.25, 0.3) is 0 Å². The Bertz CT molecular complexity index is 416. The van der Waals surface area contributed by atoms with Crippen molar-refractivity contribution >= 4 is 17.8 Å². The summed E-state index contributed by atoms with van der Waals surface area (Å²) >= 11 is 0. The summed E-state index contributed by atoms with van der Waals surface area (Å²) in [6.07, 6.45) is 3.54. The Hall–Kier alpha value is -1.59. The Morgan fingerprint density at radius 1 is 1.26 bits per heavy atom. The van der Waals surface area contributed by atoms with E-state index in [1.807, 2.05) is 7.05 Å². The number of aromatic nitrogens is 3. The van der Waals surface area contributed by atoms with Crippen LogP contribution < -0.4 is 15.5 Å². The second kappa shape index (κ2) is 6.04. The number of rotatable bonds is 5. The zero-order valence-corrected chi connectivity index (χ0v) is 12.1. The molecule has 0 amide bonds. The van der Waals surface area contributed by atoms with Gasteiger partial charge in [-0.05, 0) is 18.8 Å². The molecule has 1 aliphatic heterocycles. The van der Waals surface area contributed by atoms with E-state index in [1.54, 1.807) is 0 Å². The molecule has 1 saturated heterocycles. The SMILES string of the molecule is CCC(C)CN(C)c1nc(N)nc(N2CCCC2)n1. The molecule has 6 heteroatoms. The highest BCUT2D eigenvalue weighted by molar-refractivity contribution is 5.43. The van der Waals surface area contributed by atoms with Crippen molar-refractivity contribution in [3.8, 4) is 0 Å². The molecule has 0 saturated carbocycles. The maximum absolute atomic E-state index is 5.81. The summed E-state index contributed by atoms with van der Waals surface area (Å²) in [6, 6.07) is 0. The van der Waals surface area contributed by atoms with Crippen LogP contribution in [0.15, 0.2) is 0 Å². The van der Waals surface area contributed by atoms with E-state index >= 15 is 0 Å². The van der Waals surface area contributed by atoms with E-state index in [9.17, 15) is 0 Å². The molecule has 2 rings (SSSR count). The van der Waals surface area contributed by atoms with Crippen molar-refractivity contribution in [3.63, 3.8) is 0 Å². The molecule has 19 heavy (non-hydrogen) atoms. The minimum absolute atomic E-state index is 0.308. The van der Waals surface area contributed by atoms with Crippen LogP contribution in [0.4, 0.5) is 17.8 Å².